The zero-order valence-corrected chi connectivity index (χ0v) is 14.0. The van der Waals surface area contributed by atoms with E-state index in [1.54, 1.807) is 18.2 Å². The Bertz CT molecular complexity index is 490. The third-order valence-corrected chi connectivity index (χ3v) is 4.46. The zero-order valence-electron chi connectivity index (χ0n) is 12.4. The Morgan fingerprint density at radius 2 is 2.09 bits per heavy atom. The van der Waals surface area contributed by atoms with E-state index in [0.29, 0.717) is 29.7 Å². The van der Waals surface area contributed by atoms with Crippen molar-refractivity contribution in [2.45, 2.75) is 19.3 Å². The van der Waals surface area contributed by atoms with Gasteiger partial charge in [0.05, 0.1) is 15.6 Å². The lowest BCUT2D eigenvalue weighted by Gasteiger charge is -2.21. The van der Waals surface area contributed by atoms with Crippen LogP contribution in [0.2, 0.25) is 10.0 Å². The van der Waals surface area contributed by atoms with Crippen LogP contribution < -0.4 is 5.32 Å². The van der Waals surface area contributed by atoms with Gasteiger partial charge in [-0.05, 0) is 37.3 Å². The first kappa shape index (κ1) is 17.5. The first-order valence-electron chi connectivity index (χ1n) is 7.56. The van der Waals surface area contributed by atoms with Gasteiger partial charge in [-0.3, -0.25) is 4.79 Å². The van der Waals surface area contributed by atoms with Crippen molar-refractivity contribution in [3.05, 3.63) is 33.8 Å². The number of nitrogens with one attached hydrogen (secondary N) is 1. The van der Waals surface area contributed by atoms with Crippen molar-refractivity contribution in [2.75, 3.05) is 33.0 Å². The van der Waals surface area contributed by atoms with Gasteiger partial charge in [-0.2, -0.15) is 0 Å². The number of ether oxygens (including phenoxy) is 2. The smallest absolute Gasteiger partial charge is 0.252 e. The number of halogens is 2. The van der Waals surface area contributed by atoms with E-state index in [9.17, 15) is 4.79 Å². The third kappa shape index (κ3) is 5.43. The van der Waals surface area contributed by atoms with Crippen LogP contribution in [0.1, 0.15) is 29.6 Å². The fraction of sp³-hybridized carbons (Fsp3) is 0.562. The molecule has 1 saturated heterocycles. The highest BCUT2D eigenvalue weighted by atomic mass is 35.5. The molecule has 1 aliphatic rings. The van der Waals surface area contributed by atoms with Crippen LogP contribution in [0.5, 0.6) is 0 Å². The highest BCUT2D eigenvalue weighted by molar-refractivity contribution is 6.43. The molecule has 1 fully saturated rings. The van der Waals surface area contributed by atoms with Gasteiger partial charge in [0.2, 0.25) is 0 Å². The Labute approximate surface area is 141 Å². The molecule has 0 saturated carbocycles. The summed E-state index contributed by atoms with van der Waals surface area (Å²) in [5, 5.41) is 3.50. The average molecular weight is 346 g/mol. The standard InChI is InChI=1S/C16H21Cl2NO3/c17-14-4-1-3-13(15(14)18)16(20)19-7-2-8-22-11-12-5-9-21-10-6-12/h1,3-4,12H,2,5-11H2,(H,19,20). The van der Waals surface area contributed by atoms with Crippen LogP contribution in [0.4, 0.5) is 0 Å². The highest BCUT2D eigenvalue weighted by Gasteiger charge is 2.14. The summed E-state index contributed by atoms with van der Waals surface area (Å²) in [7, 11) is 0. The Balaban J connectivity index is 1.60. The van der Waals surface area contributed by atoms with E-state index >= 15 is 0 Å². The van der Waals surface area contributed by atoms with Crippen LogP contribution in [0, 0.1) is 5.92 Å². The molecule has 0 atom stereocenters. The van der Waals surface area contributed by atoms with Gasteiger partial charge in [-0.15, -0.1) is 0 Å². The van der Waals surface area contributed by atoms with Crippen molar-refractivity contribution in [1.82, 2.24) is 5.32 Å². The van der Waals surface area contributed by atoms with Gasteiger partial charge >= 0.3 is 0 Å². The molecule has 0 radical (unpaired) electrons. The normalized spacial score (nSPS) is 15.7. The lowest BCUT2D eigenvalue weighted by atomic mass is 10.0. The van der Waals surface area contributed by atoms with Crippen LogP contribution in [-0.2, 0) is 9.47 Å². The van der Waals surface area contributed by atoms with E-state index in [1.165, 1.54) is 0 Å². The number of benzene rings is 1. The molecule has 0 unspecified atom stereocenters. The second kappa shape index (κ2) is 9.36. The lowest BCUT2D eigenvalue weighted by molar-refractivity contribution is 0.0202. The summed E-state index contributed by atoms with van der Waals surface area (Å²) in [5.41, 5.74) is 0.400. The predicted molar refractivity (Wildman–Crippen MR) is 87.8 cm³/mol. The van der Waals surface area contributed by atoms with Crippen molar-refractivity contribution in [1.29, 1.82) is 0 Å². The summed E-state index contributed by atoms with van der Waals surface area (Å²) >= 11 is 11.9. The van der Waals surface area contributed by atoms with E-state index in [2.05, 4.69) is 5.32 Å². The summed E-state index contributed by atoms with van der Waals surface area (Å²) in [6.07, 6.45) is 2.92. The van der Waals surface area contributed by atoms with E-state index in [1.807, 2.05) is 0 Å². The Hall–Kier alpha value is -0.810. The van der Waals surface area contributed by atoms with Crippen molar-refractivity contribution in [2.24, 2.45) is 5.92 Å². The van der Waals surface area contributed by atoms with Crippen molar-refractivity contribution in [3.63, 3.8) is 0 Å². The summed E-state index contributed by atoms with van der Waals surface area (Å²) < 4.78 is 11.0. The predicted octanol–water partition coefficient (Wildman–Crippen LogP) is 3.56. The molecule has 1 N–H and O–H groups in total. The molecular weight excluding hydrogens is 325 g/mol. The SMILES string of the molecule is O=C(NCCCOCC1CCOCC1)c1cccc(Cl)c1Cl. The number of amides is 1. The summed E-state index contributed by atoms with van der Waals surface area (Å²) in [4.78, 5) is 12.0. The quantitative estimate of drug-likeness (QED) is 0.768. The summed E-state index contributed by atoms with van der Waals surface area (Å²) in [5.74, 6) is 0.394. The largest absolute Gasteiger partial charge is 0.381 e. The fourth-order valence-corrected chi connectivity index (χ4v) is 2.70. The molecule has 0 bridgehead atoms. The number of hydrogen-bond donors (Lipinski definition) is 1. The topological polar surface area (TPSA) is 47.6 Å². The minimum atomic E-state index is -0.211. The molecule has 1 amide bonds. The van der Waals surface area contributed by atoms with Crippen LogP contribution in [0.15, 0.2) is 18.2 Å². The Morgan fingerprint density at radius 1 is 1.32 bits per heavy atom. The van der Waals surface area contributed by atoms with Gasteiger partial charge in [0.15, 0.2) is 0 Å². The first-order valence-corrected chi connectivity index (χ1v) is 8.32. The van der Waals surface area contributed by atoms with Gasteiger partial charge in [0, 0.05) is 33.0 Å². The second-order valence-corrected chi connectivity index (χ2v) is 6.13. The van der Waals surface area contributed by atoms with Gasteiger partial charge in [0.1, 0.15) is 0 Å². The molecule has 1 aliphatic heterocycles. The molecule has 0 spiro atoms. The molecule has 4 nitrogen and oxygen atoms in total. The summed E-state index contributed by atoms with van der Waals surface area (Å²) in [6, 6.07) is 5.02. The van der Waals surface area contributed by atoms with Gasteiger partial charge in [-0.25, -0.2) is 0 Å². The molecule has 1 aromatic carbocycles. The van der Waals surface area contributed by atoms with Gasteiger partial charge in [0.25, 0.3) is 5.91 Å². The van der Waals surface area contributed by atoms with E-state index in [0.717, 1.165) is 39.1 Å². The van der Waals surface area contributed by atoms with Crippen LogP contribution in [0.3, 0.4) is 0 Å². The van der Waals surface area contributed by atoms with E-state index in [4.69, 9.17) is 32.7 Å². The minimum Gasteiger partial charge on any atom is -0.381 e. The average Bonchev–Trinajstić information content (AvgIpc) is 2.54. The highest BCUT2D eigenvalue weighted by Crippen LogP contribution is 2.25. The second-order valence-electron chi connectivity index (χ2n) is 5.34. The van der Waals surface area contributed by atoms with E-state index < -0.39 is 0 Å². The number of carbonyl (C=O) groups is 1. The Morgan fingerprint density at radius 3 is 2.86 bits per heavy atom. The number of carbonyl (C=O) groups excluding carboxylic acids is 1. The van der Waals surface area contributed by atoms with Gasteiger partial charge < -0.3 is 14.8 Å². The molecule has 0 aliphatic carbocycles. The molecule has 6 heteroatoms. The maximum absolute atomic E-state index is 12.0. The maximum Gasteiger partial charge on any atom is 0.252 e. The van der Waals surface area contributed by atoms with Crippen LogP contribution in [-0.4, -0.2) is 38.9 Å². The van der Waals surface area contributed by atoms with Crippen molar-refractivity contribution in [3.8, 4) is 0 Å². The molecule has 1 heterocycles. The molecule has 22 heavy (non-hydrogen) atoms. The van der Waals surface area contributed by atoms with Crippen LogP contribution in [0.25, 0.3) is 0 Å². The monoisotopic (exact) mass is 345 g/mol. The minimum absolute atomic E-state index is 0.211. The fourth-order valence-electron chi connectivity index (χ4n) is 2.31. The van der Waals surface area contributed by atoms with Crippen molar-refractivity contribution < 1.29 is 14.3 Å². The zero-order chi connectivity index (χ0) is 15.8. The number of hydrogen-bond acceptors (Lipinski definition) is 3. The molecule has 122 valence electrons. The Kier molecular flexibility index (Phi) is 7.46. The maximum atomic E-state index is 12.0. The lowest BCUT2D eigenvalue weighted by Crippen LogP contribution is -2.26. The third-order valence-electron chi connectivity index (χ3n) is 3.64. The molecular formula is C16H21Cl2NO3. The van der Waals surface area contributed by atoms with Crippen LogP contribution >= 0.6 is 23.2 Å². The van der Waals surface area contributed by atoms with Gasteiger partial charge in [-0.1, -0.05) is 29.3 Å². The molecule has 1 aromatic rings. The molecule has 2 rings (SSSR count). The summed E-state index contributed by atoms with van der Waals surface area (Å²) in [6.45, 7) is 3.64. The number of rotatable bonds is 7. The molecule has 0 aromatic heterocycles. The first-order chi connectivity index (χ1) is 10.7. The van der Waals surface area contributed by atoms with E-state index in [-0.39, 0.29) is 10.9 Å². The van der Waals surface area contributed by atoms with Crippen molar-refractivity contribution >= 4 is 29.1 Å².